The second kappa shape index (κ2) is 13.7. The Bertz CT molecular complexity index is 1360. The van der Waals surface area contributed by atoms with E-state index in [0.29, 0.717) is 0 Å². The second-order valence-corrected chi connectivity index (χ2v) is 12.8. The van der Waals surface area contributed by atoms with Crippen molar-refractivity contribution in [2.75, 3.05) is 0 Å². The molecule has 2 atom stereocenters. The quantitative estimate of drug-likeness (QED) is 0.178. The Kier molecular flexibility index (Phi) is 9.58. The average Bonchev–Trinajstić information content (AvgIpc) is 2.99. The number of aliphatic hydroxyl groups is 1. The van der Waals surface area contributed by atoms with Crippen LogP contribution >= 0.6 is 7.92 Å². The van der Waals surface area contributed by atoms with Gasteiger partial charge in [0.25, 0.3) is 0 Å². The fourth-order valence-electron chi connectivity index (χ4n) is 5.60. The zero-order valence-corrected chi connectivity index (χ0v) is 24.2. The van der Waals surface area contributed by atoms with E-state index < -0.39 is 14.0 Å². The molecule has 0 radical (unpaired) electrons. The Hall–Kier alpha value is -3.55. The summed E-state index contributed by atoms with van der Waals surface area (Å²) in [5.41, 5.74) is 3.52. The van der Waals surface area contributed by atoms with Crippen molar-refractivity contribution in [2.45, 2.75) is 39.1 Å². The number of rotatable bonds is 11. The lowest BCUT2D eigenvalue weighted by Gasteiger charge is -2.39. The van der Waals surface area contributed by atoms with E-state index >= 15 is 0 Å². The zero-order valence-electron chi connectivity index (χ0n) is 23.3. The highest BCUT2D eigenvalue weighted by Gasteiger charge is 2.33. The van der Waals surface area contributed by atoms with E-state index in [1.807, 2.05) is 0 Å². The van der Waals surface area contributed by atoms with Crippen molar-refractivity contribution >= 4 is 23.8 Å². The van der Waals surface area contributed by atoms with Crippen LogP contribution in [0, 0.1) is 5.92 Å². The Labute approximate surface area is 240 Å². The third-order valence-corrected chi connectivity index (χ3v) is 9.93. The van der Waals surface area contributed by atoms with Crippen LogP contribution in [0.25, 0.3) is 0 Å². The predicted octanol–water partition coefficient (Wildman–Crippen LogP) is 7.21. The molecule has 0 bridgehead atoms. The van der Waals surface area contributed by atoms with Crippen molar-refractivity contribution in [3.8, 4) is 0 Å². The molecule has 2 nitrogen and oxygen atoms in total. The van der Waals surface area contributed by atoms with Crippen LogP contribution in [0.3, 0.4) is 0 Å². The highest BCUT2D eigenvalue weighted by Crippen LogP contribution is 2.38. The van der Waals surface area contributed by atoms with Crippen LogP contribution in [0.15, 0.2) is 146 Å². The first-order valence-corrected chi connectivity index (χ1v) is 15.4. The van der Waals surface area contributed by atoms with Crippen LogP contribution in [0.2, 0.25) is 0 Å². The summed E-state index contributed by atoms with van der Waals surface area (Å²) in [6.45, 7) is 6.00. The standard InChI is InChI=1S/C37H38NOP/c1-29(2)36(38(27-30-17-7-3-8-18-30)28-31-19-9-4-10-20-31)37(39)34-25-15-16-26-35(34)40(32-21-11-5-12-22-32)33-23-13-6-14-24-33/h3-26,29,36-37,39H,27-28H2,1-2H3. The first-order valence-electron chi connectivity index (χ1n) is 14.1. The molecule has 5 rings (SSSR count). The van der Waals surface area contributed by atoms with Crippen LogP contribution in [0.1, 0.15) is 36.6 Å². The van der Waals surface area contributed by atoms with E-state index in [-0.39, 0.29) is 12.0 Å². The van der Waals surface area contributed by atoms with Crippen LogP contribution in [-0.2, 0) is 13.1 Å². The first kappa shape index (κ1) is 28.0. The first-order chi connectivity index (χ1) is 19.6. The fourth-order valence-corrected chi connectivity index (χ4v) is 8.09. The SMILES string of the molecule is CC(C)C(C(O)c1ccccc1P(c1ccccc1)c1ccccc1)N(Cc1ccccc1)Cc1ccccc1. The van der Waals surface area contributed by atoms with Gasteiger partial charge in [-0.25, -0.2) is 0 Å². The van der Waals surface area contributed by atoms with Gasteiger partial charge in [-0.2, -0.15) is 0 Å². The maximum Gasteiger partial charge on any atom is 0.0954 e. The number of aliphatic hydroxyl groups excluding tert-OH is 1. The highest BCUT2D eigenvalue weighted by molar-refractivity contribution is 7.79. The molecule has 2 unspecified atom stereocenters. The van der Waals surface area contributed by atoms with E-state index in [0.717, 1.165) is 18.7 Å². The van der Waals surface area contributed by atoms with Crippen LogP contribution < -0.4 is 15.9 Å². The molecular weight excluding hydrogens is 505 g/mol. The number of benzene rings is 5. The molecule has 5 aromatic carbocycles. The minimum atomic E-state index is -0.837. The van der Waals surface area contributed by atoms with Crippen molar-refractivity contribution in [1.29, 1.82) is 0 Å². The smallest absolute Gasteiger partial charge is 0.0954 e. The van der Waals surface area contributed by atoms with Gasteiger partial charge in [-0.15, -0.1) is 0 Å². The number of hydrogen-bond acceptors (Lipinski definition) is 2. The average molecular weight is 544 g/mol. The Balaban J connectivity index is 1.58. The molecular formula is C37H38NOP. The van der Waals surface area contributed by atoms with Crippen molar-refractivity contribution < 1.29 is 5.11 Å². The summed E-state index contributed by atoms with van der Waals surface area (Å²) in [6.07, 6.45) is -0.652. The number of nitrogens with zero attached hydrogens (tertiary/aromatic N) is 1. The summed E-state index contributed by atoms with van der Waals surface area (Å²) >= 11 is 0. The Morgan fingerprint density at radius 1 is 0.550 bits per heavy atom. The maximum absolute atomic E-state index is 12.4. The summed E-state index contributed by atoms with van der Waals surface area (Å²) in [5.74, 6) is 0.232. The van der Waals surface area contributed by atoms with Crippen LogP contribution in [0.4, 0.5) is 0 Å². The third kappa shape index (κ3) is 6.77. The van der Waals surface area contributed by atoms with Gasteiger partial charge in [-0.1, -0.05) is 159 Å². The Morgan fingerprint density at radius 2 is 0.950 bits per heavy atom. The van der Waals surface area contributed by atoms with Gasteiger partial charge in [0.15, 0.2) is 0 Å². The monoisotopic (exact) mass is 543 g/mol. The molecule has 0 aliphatic rings. The van der Waals surface area contributed by atoms with Crippen LogP contribution in [-0.4, -0.2) is 16.0 Å². The van der Waals surface area contributed by atoms with E-state index in [2.05, 4.69) is 164 Å². The highest BCUT2D eigenvalue weighted by atomic mass is 31.1. The molecule has 0 fully saturated rings. The van der Waals surface area contributed by atoms with Gasteiger partial charge in [0.2, 0.25) is 0 Å². The van der Waals surface area contributed by atoms with E-state index in [1.54, 1.807) is 0 Å². The minimum Gasteiger partial charge on any atom is -0.387 e. The van der Waals surface area contributed by atoms with Gasteiger partial charge in [0, 0.05) is 19.1 Å². The van der Waals surface area contributed by atoms with Gasteiger partial charge in [-0.3, -0.25) is 4.90 Å². The molecule has 0 saturated carbocycles. The van der Waals surface area contributed by atoms with E-state index in [1.165, 1.54) is 27.0 Å². The zero-order chi connectivity index (χ0) is 27.7. The van der Waals surface area contributed by atoms with E-state index in [9.17, 15) is 5.11 Å². The maximum atomic E-state index is 12.4. The topological polar surface area (TPSA) is 23.5 Å². The van der Waals surface area contributed by atoms with Crippen molar-refractivity contribution in [3.05, 3.63) is 162 Å². The molecule has 0 aliphatic heterocycles. The predicted molar refractivity (Wildman–Crippen MR) is 171 cm³/mol. The summed E-state index contributed by atoms with van der Waals surface area (Å²) in [5, 5.41) is 16.2. The summed E-state index contributed by atoms with van der Waals surface area (Å²) in [4.78, 5) is 2.46. The van der Waals surface area contributed by atoms with Gasteiger partial charge in [0.05, 0.1) is 6.10 Å². The van der Waals surface area contributed by atoms with Gasteiger partial charge < -0.3 is 5.11 Å². The lowest BCUT2D eigenvalue weighted by molar-refractivity contribution is 0.0134. The van der Waals surface area contributed by atoms with Crippen molar-refractivity contribution in [1.82, 2.24) is 4.90 Å². The second-order valence-electron chi connectivity index (χ2n) is 10.6. The summed E-state index contributed by atoms with van der Waals surface area (Å²) < 4.78 is 0. The Morgan fingerprint density at radius 3 is 1.40 bits per heavy atom. The van der Waals surface area contributed by atoms with Gasteiger partial charge in [-0.05, 0) is 46.4 Å². The van der Waals surface area contributed by atoms with Gasteiger partial charge in [0.1, 0.15) is 0 Å². The molecule has 0 amide bonds. The molecule has 0 aromatic heterocycles. The lowest BCUT2D eigenvalue weighted by atomic mass is 9.91. The van der Waals surface area contributed by atoms with Crippen LogP contribution in [0.5, 0.6) is 0 Å². The largest absolute Gasteiger partial charge is 0.387 e. The van der Waals surface area contributed by atoms with Gasteiger partial charge >= 0.3 is 0 Å². The van der Waals surface area contributed by atoms with Crippen molar-refractivity contribution in [2.24, 2.45) is 5.92 Å². The fraction of sp³-hybridized carbons (Fsp3) is 0.189. The number of hydrogen-bond donors (Lipinski definition) is 1. The molecule has 40 heavy (non-hydrogen) atoms. The third-order valence-electron chi connectivity index (χ3n) is 7.41. The minimum absolute atomic E-state index is 0.0787. The molecule has 0 aliphatic carbocycles. The molecule has 3 heteroatoms. The molecule has 202 valence electrons. The molecule has 0 saturated heterocycles. The molecule has 0 spiro atoms. The summed E-state index contributed by atoms with van der Waals surface area (Å²) in [7, 11) is -0.837. The normalized spacial score (nSPS) is 13.1. The van der Waals surface area contributed by atoms with Crippen molar-refractivity contribution in [3.63, 3.8) is 0 Å². The lowest BCUT2D eigenvalue weighted by Crippen LogP contribution is -2.43. The van der Waals surface area contributed by atoms with E-state index in [4.69, 9.17) is 0 Å². The molecule has 0 heterocycles. The summed E-state index contributed by atoms with van der Waals surface area (Å²) in [6, 6.07) is 51.2. The molecule has 1 N–H and O–H groups in total. The molecule has 5 aromatic rings.